The first kappa shape index (κ1) is 19.4. The quantitative estimate of drug-likeness (QED) is 0.779. The number of carboxylic acid groups (broad SMARTS) is 1. The topological polar surface area (TPSA) is 117 Å². The van der Waals surface area contributed by atoms with Crippen molar-refractivity contribution < 1.29 is 19.5 Å². The van der Waals surface area contributed by atoms with Crippen LogP contribution >= 0.6 is 0 Å². The zero-order valence-electron chi connectivity index (χ0n) is 15.5. The Morgan fingerprint density at radius 2 is 2.00 bits per heavy atom. The third-order valence-electron chi connectivity index (χ3n) is 4.14. The number of nitrogens with zero attached hydrogens (tertiary/aromatic N) is 4. The number of pyridine rings is 1. The largest absolute Gasteiger partial charge is 0.480 e. The van der Waals surface area contributed by atoms with Gasteiger partial charge in [0.05, 0.1) is 16.6 Å². The maximum atomic E-state index is 13.2. The first-order chi connectivity index (χ1) is 12.1. The molecule has 0 saturated heterocycles. The lowest BCUT2D eigenvalue weighted by atomic mass is 10.1. The first-order valence-electron chi connectivity index (χ1n) is 8.22. The number of carboxylic acids is 1. The highest BCUT2D eigenvalue weighted by atomic mass is 16.4. The first-order valence-corrected chi connectivity index (χ1v) is 8.22. The van der Waals surface area contributed by atoms with Crippen LogP contribution in [0.5, 0.6) is 0 Å². The lowest BCUT2D eigenvalue weighted by Crippen LogP contribution is -2.46. The number of carbonyl (C=O) groups is 3. The summed E-state index contributed by atoms with van der Waals surface area (Å²) in [5, 5.41) is 16.9. The predicted molar refractivity (Wildman–Crippen MR) is 94.8 cm³/mol. The Kier molecular flexibility index (Phi) is 5.59. The van der Waals surface area contributed by atoms with Crippen molar-refractivity contribution in [1.82, 2.24) is 25.0 Å². The van der Waals surface area contributed by atoms with Crippen LogP contribution in [0.4, 0.5) is 0 Å². The van der Waals surface area contributed by atoms with Crippen LogP contribution in [0.1, 0.15) is 35.6 Å². The second kappa shape index (κ2) is 7.51. The Hall–Kier alpha value is -2.97. The molecule has 1 atom stereocenters. The Morgan fingerprint density at radius 1 is 1.35 bits per heavy atom. The van der Waals surface area contributed by atoms with E-state index in [1.54, 1.807) is 31.6 Å². The molecule has 0 fully saturated rings. The maximum Gasteiger partial charge on any atom is 0.326 e. The van der Waals surface area contributed by atoms with E-state index in [0.29, 0.717) is 28.0 Å². The molecular formula is C17H23N5O4. The monoisotopic (exact) mass is 361 g/mol. The molecule has 1 unspecified atom stereocenters. The van der Waals surface area contributed by atoms with Crippen LogP contribution in [0, 0.1) is 13.8 Å². The van der Waals surface area contributed by atoms with Gasteiger partial charge in [-0.3, -0.25) is 14.3 Å². The van der Waals surface area contributed by atoms with Gasteiger partial charge in [-0.05, 0) is 26.8 Å². The summed E-state index contributed by atoms with van der Waals surface area (Å²) in [7, 11) is 1.74. The zero-order chi connectivity index (χ0) is 19.6. The standard InChI is InChI=1S/C17H23N5O4/c1-9-8-13(14-10(2)20-21(5)15(14)19-9)16(24)22(11(3)17(25)26)7-6-18-12(4)23/h8,11H,6-7H2,1-5H3,(H,18,23)(H,25,26). The van der Waals surface area contributed by atoms with Crippen molar-refractivity contribution in [2.45, 2.75) is 33.7 Å². The van der Waals surface area contributed by atoms with Crippen LogP contribution in [0.3, 0.4) is 0 Å². The van der Waals surface area contributed by atoms with Crippen molar-refractivity contribution in [3.63, 3.8) is 0 Å². The molecular weight excluding hydrogens is 338 g/mol. The Labute approximate surface area is 151 Å². The van der Waals surface area contributed by atoms with Crippen molar-refractivity contribution in [3.8, 4) is 0 Å². The van der Waals surface area contributed by atoms with Gasteiger partial charge in [-0.25, -0.2) is 9.78 Å². The van der Waals surface area contributed by atoms with Gasteiger partial charge >= 0.3 is 5.97 Å². The van der Waals surface area contributed by atoms with E-state index < -0.39 is 17.9 Å². The molecule has 0 spiro atoms. The minimum atomic E-state index is -1.12. The van der Waals surface area contributed by atoms with E-state index in [4.69, 9.17) is 0 Å². The van der Waals surface area contributed by atoms with Crippen molar-refractivity contribution in [2.75, 3.05) is 13.1 Å². The summed E-state index contributed by atoms with van der Waals surface area (Å²) in [6, 6.07) is 0.594. The predicted octanol–water partition coefficient (Wildman–Crippen LogP) is 0.637. The maximum absolute atomic E-state index is 13.2. The molecule has 2 aromatic heterocycles. The number of hydrogen-bond donors (Lipinski definition) is 2. The van der Waals surface area contributed by atoms with Crippen LogP contribution in [-0.4, -0.2) is 61.7 Å². The van der Waals surface area contributed by atoms with E-state index in [1.165, 1.54) is 18.7 Å². The average molecular weight is 361 g/mol. The Bertz CT molecular complexity index is 874. The molecule has 2 N–H and O–H groups in total. The van der Waals surface area contributed by atoms with Gasteiger partial charge in [-0.1, -0.05) is 0 Å². The fourth-order valence-electron chi connectivity index (χ4n) is 2.85. The molecule has 9 heteroatoms. The number of rotatable bonds is 6. The summed E-state index contributed by atoms with van der Waals surface area (Å²) in [6.45, 7) is 6.59. The molecule has 2 aromatic rings. The third kappa shape index (κ3) is 3.81. The number of aryl methyl sites for hydroxylation is 3. The lowest BCUT2D eigenvalue weighted by molar-refractivity contribution is -0.141. The molecule has 2 rings (SSSR count). The second-order valence-electron chi connectivity index (χ2n) is 6.21. The van der Waals surface area contributed by atoms with E-state index in [0.717, 1.165) is 0 Å². The zero-order valence-corrected chi connectivity index (χ0v) is 15.5. The summed E-state index contributed by atoms with van der Waals surface area (Å²) >= 11 is 0. The van der Waals surface area contributed by atoms with Gasteiger partial charge in [-0.2, -0.15) is 5.10 Å². The van der Waals surface area contributed by atoms with Crippen molar-refractivity contribution in [2.24, 2.45) is 7.05 Å². The van der Waals surface area contributed by atoms with Gasteiger partial charge in [0.15, 0.2) is 5.65 Å². The van der Waals surface area contributed by atoms with Gasteiger partial charge in [0.25, 0.3) is 5.91 Å². The molecule has 9 nitrogen and oxygen atoms in total. The minimum absolute atomic E-state index is 0.0774. The van der Waals surface area contributed by atoms with Crippen LogP contribution in [-0.2, 0) is 16.6 Å². The van der Waals surface area contributed by atoms with Gasteiger partial charge in [-0.15, -0.1) is 0 Å². The highest BCUT2D eigenvalue weighted by molar-refractivity contribution is 6.07. The summed E-state index contributed by atoms with van der Waals surface area (Å²) < 4.78 is 1.59. The second-order valence-corrected chi connectivity index (χ2v) is 6.21. The number of nitrogens with one attached hydrogen (secondary N) is 1. The molecule has 140 valence electrons. The summed E-state index contributed by atoms with van der Waals surface area (Å²) in [5.41, 5.74) is 2.20. The summed E-state index contributed by atoms with van der Waals surface area (Å²) in [6.07, 6.45) is 0. The minimum Gasteiger partial charge on any atom is -0.480 e. The number of carbonyl (C=O) groups excluding carboxylic acids is 2. The van der Waals surface area contributed by atoms with Gasteiger partial charge < -0.3 is 15.3 Å². The molecule has 0 bridgehead atoms. The van der Waals surface area contributed by atoms with Crippen LogP contribution in [0.2, 0.25) is 0 Å². The fourth-order valence-corrected chi connectivity index (χ4v) is 2.85. The molecule has 0 radical (unpaired) electrons. The Balaban J connectivity index is 2.49. The summed E-state index contributed by atoms with van der Waals surface area (Å²) in [4.78, 5) is 41.4. The van der Waals surface area contributed by atoms with Crippen molar-refractivity contribution in [3.05, 3.63) is 23.0 Å². The van der Waals surface area contributed by atoms with Crippen molar-refractivity contribution >= 4 is 28.8 Å². The lowest BCUT2D eigenvalue weighted by Gasteiger charge is -2.27. The van der Waals surface area contributed by atoms with Crippen molar-refractivity contribution in [1.29, 1.82) is 0 Å². The van der Waals surface area contributed by atoms with Crippen LogP contribution < -0.4 is 5.32 Å². The molecule has 0 aliphatic rings. The summed E-state index contributed by atoms with van der Waals surface area (Å²) in [5.74, 6) is -1.80. The molecule has 0 aromatic carbocycles. The van der Waals surface area contributed by atoms with Gasteiger partial charge in [0.2, 0.25) is 5.91 Å². The normalized spacial score (nSPS) is 12.0. The molecule has 26 heavy (non-hydrogen) atoms. The number of aromatic nitrogens is 3. The molecule has 2 heterocycles. The van der Waals surface area contributed by atoms with E-state index in [2.05, 4.69) is 15.4 Å². The van der Waals surface area contributed by atoms with Gasteiger partial charge in [0, 0.05) is 32.8 Å². The van der Waals surface area contributed by atoms with E-state index in [-0.39, 0.29) is 19.0 Å². The molecule has 0 aliphatic heterocycles. The van der Waals surface area contributed by atoms with Crippen LogP contribution in [0.15, 0.2) is 6.07 Å². The number of fused-ring (bicyclic) bond motifs is 1. The number of aliphatic carboxylic acids is 1. The van der Waals surface area contributed by atoms with E-state index in [1.807, 2.05) is 0 Å². The highest BCUT2D eigenvalue weighted by Gasteiger charge is 2.29. The molecule has 0 saturated carbocycles. The average Bonchev–Trinajstić information content (AvgIpc) is 2.83. The van der Waals surface area contributed by atoms with Gasteiger partial charge in [0.1, 0.15) is 6.04 Å². The number of amides is 2. The Morgan fingerprint density at radius 3 is 2.58 bits per heavy atom. The molecule has 0 aliphatic carbocycles. The third-order valence-corrected chi connectivity index (χ3v) is 4.14. The molecule has 2 amide bonds. The smallest absolute Gasteiger partial charge is 0.326 e. The van der Waals surface area contributed by atoms with E-state index in [9.17, 15) is 19.5 Å². The van der Waals surface area contributed by atoms with Crippen LogP contribution in [0.25, 0.3) is 11.0 Å². The van der Waals surface area contributed by atoms with E-state index >= 15 is 0 Å². The fraction of sp³-hybridized carbons (Fsp3) is 0.471. The number of hydrogen-bond acceptors (Lipinski definition) is 5. The highest BCUT2D eigenvalue weighted by Crippen LogP contribution is 2.23. The SMILES string of the molecule is CC(=O)NCCN(C(=O)c1cc(C)nc2c1c(C)nn2C)C(C)C(=O)O.